The summed E-state index contributed by atoms with van der Waals surface area (Å²) in [5, 5.41) is 7.72. The van der Waals surface area contributed by atoms with Gasteiger partial charge in [-0.15, -0.1) is 0 Å². The Morgan fingerprint density at radius 3 is 2.00 bits per heavy atom. The molecule has 0 radical (unpaired) electrons. The quantitative estimate of drug-likeness (QED) is 0.536. The summed E-state index contributed by atoms with van der Waals surface area (Å²) in [4.78, 5) is 18.4. The minimum atomic E-state index is -0.745. The Bertz CT molecular complexity index is 111. The molecule has 0 atom stereocenters. The highest BCUT2D eigenvalue weighted by Gasteiger charge is 1.80. The molecule has 0 amide bonds. The first-order valence-corrected chi connectivity index (χ1v) is 2.56. The third-order valence-corrected chi connectivity index (χ3v) is 0.420. The van der Waals surface area contributed by atoms with Gasteiger partial charge in [0.1, 0.15) is 5.94 Å². The number of carboxylic acid groups (broad SMARTS) is 1. The molecule has 0 saturated heterocycles. The summed E-state index contributed by atoms with van der Waals surface area (Å²) in [6.07, 6.45) is 1.54. The number of carbonyl (C=O) groups is 1. The summed E-state index contributed by atoms with van der Waals surface area (Å²) < 4.78 is 0. The van der Waals surface area contributed by atoms with E-state index in [0.717, 1.165) is 0 Å². The molecule has 3 nitrogen and oxygen atoms in total. The Balaban J connectivity index is 0. The van der Waals surface area contributed by atoms with Crippen molar-refractivity contribution in [3.63, 3.8) is 0 Å². The van der Waals surface area contributed by atoms with Gasteiger partial charge < -0.3 is 5.11 Å². The average molecular weight is 130 g/mol. The lowest BCUT2D eigenvalue weighted by atomic mass is 10.5. The van der Waals surface area contributed by atoms with Crippen LogP contribution in [0.5, 0.6) is 0 Å². The van der Waals surface area contributed by atoms with E-state index in [9.17, 15) is 4.79 Å². The average Bonchev–Trinajstić information content (AvgIpc) is 1.89. The van der Waals surface area contributed by atoms with Crippen molar-refractivity contribution in [1.82, 2.24) is 0 Å². The zero-order valence-corrected chi connectivity index (χ0v) is 5.55. The van der Waals surface area contributed by atoms with Crippen molar-refractivity contribution in [3.05, 3.63) is 6.08 Å². The highest BCUT2D eigenvalue weighted by atomic mass is 16.4. The fourth-order valence-corrected chi connectivity index (χ4v) is 0. The Labute approximate surface area is 54.0 Å². The second kappa shape index (κ2) is 10.0. The highest BCUT2D eigenvalue weighted by Crippen LogP contribution is 1.67. The maximum atomic E-state index is 9.37. The molecule has 0 aromatic carbocycles. The zero-order valence-electron chi connectivity index (χ0n) is 5.55. The van der Waals surface area contributed by atoms with Gasteiger partial charge in [0, 0.05) is 6.42 Å². The van der Waals surface area contributed by atoms with Crippen molar-refractivity contribution in [3.8, 4) is 0 Å². The van der Waals surface area contributed by atoms with Crippen LogP contribution in [0.15, 0.2) is 6.08 Å². The number of hydrogen-bond donors (Lipinski definition) is 1. The van der Waals surface area contributed by atoms with Crippen molar-refractivity contribution in [1.29, 1.82) is 0 Å². The molecule has 0 aliphatic carbocycles. The lowest BCUT2D eigenvalue weighted by Gasteiger charge is -1.71. The van der Waals surface area contributed by atoms with Gasteiger partial charge in [0.2, 0.25) is 0 Å². The van der Waals surface area contributed by atoms with Crippen molar-refractivity contribution < 1.29 is 14.7 Å². The van der Waals surface area contributed by atoms with Crippen molar-refractivity contribution in [2.75, 3.05) is 0 Å². The molecule has 9 heavy (non-hydrogen) atoms. The maximum Gasteiger partial charge on any atom is 0.303 e. The van der Waals surface area contributed by atoms with Gasteiger partial charge in [0.05, 0.1) is 0 Å². The Morgan fingerprint density at radius 2 is 2.00 bits per heavy atom. The molecular weight excluding hydrogens is 120 g/mol. The monoisotopic (exact) mass is 130 g/mol. The summed E-state index contributed by atoms with van der Waals surface area (Å²) in [6.45, 7) is 3.23. The first kappa shape index (κ1) is 10.8. The molecule has 0 rings (SSSR count). The highest BCUT2D eigenvalue weighted by molar-refractivity contribution is 5.66. The molecule has 0 unspecified atom stereocenters. The van der Waals surface area contributed by atoms with Crippen molar-refractivity contribution >= 4 is 11.9 Å². The van der Waals surface area contributed by atoms with E-state index in [4.69, 9.17) is 9.90 Å². The van der Waals surface area contributed by atoms with Crippen LogP contribution >= 0.6 is 0 Å². The molecule has 0 spiro atoms. The van der Waals surface area contributed by atoms with Crippen molar-refractivity contribution in [2.24, 2.45) is 0 Å². The van der Waals surface area contributed by atoms with E-state index in [1.807, 2.05) is 0 Å². The molecule has 0 aromatic rings. The lowest BCUT2D eigenvalue weighted by molar-refractivity contribution is -0.136. The van der Waals surface area contributed by atoms with E-state index >= 15 is 0 Å². The summed E-state index contributed by atoms with van der Waals surface area (Å²) in [5.41, 5.74) is 0. The van der Waals surface area contributed by atoms with Crippen LogP contribution in [0, 0.1) is 0 Å². The Kier molecular flexibility index (Phi) is 12.0. The minimum absolute atomic E-state index is 0.222. The molecule has 0 aliphatic rings. The van der Waals surface area contributed by atoms with Crippen molar-refractivity contribution in [2.45, 2.75) is 20.3 Å². The summed E-state index contributed by atoms with van der Waals surface area (Å²) in [7, 11) is 0. The van der Waals surface area contributed by atoms with E-state index < -0.39 is 5.97 Å². The van der Waals surface area contributed by atoms with Crippen LogP contribution < -0.4 is 0 Å². The normalized spacial score (nSPS) is 6.00. The maximum absolute atomic E-state index is 9.37. The van der Waals surface area contributed by atoms with E-state index in [1.165, 1.54) is 6.08 Å². The van der Waals surface area contributed by atoms with Crippen LogP contribution in [0.3, 0.4) is 0 Å². The fourth-order valence-electron chi connectivity index (χ4n) is 0. The molecule has 0 bridgehead atoms. The van der Waals surface area contributed by atoms with Crippen LogP contribution in [0.25, 0.3) is 0 Å². The van der Waals surface area contributed by atoms with E-state index in [-0.39, 0.29) is 6.42 Å². The second-order valence-corrected chi connectivity index (χ2v) is 1.15. The first-order chi connectivity index (χ1) is 4.18. The molecule has 0 heterocycles. The molecule has 52 valence electrons. The first-order valence-electron chi connectivity index (χ1n) is 2.56. The lowest BCUT2D eigenvalue weighted by Crippen LogP contribution is -1.86. The molecule has 0 saturated carbocycles. The van der Waals surface area contributed by atoms with Crippen LogP contribution in [-0.2, 0) is 9.59 Å². The smallest absolute Gasteiger partial charge is 0.303 e. The number of allylic oxidation sites excluding steroid dienone is 1. The molecule has 0 fully saturated rings. The standard InChI is InChI=1S/C3H6O2.C3H4O/c1-2-3(4)5;1-2-3-4/h2H2,1H3,(H,4,5);2H,1H3. The summed E-state index contributed by atoms with van der Waals surface area (Å²) in [5.74, 6) is 0.810. The predicted molar refractivity (Wildman–Crippen MR) is 33.9 cm³/mol. The Morgan fingerprint density at radius 1 is 1.78 bits per heavy atom. The van der Waals surface area contributed by atoms with Gasteiger partial charge in [-0.25, -0.2) is 4.79 Å². The number of carboxylic acids is 1. The number of carbonyl (C=O) groups excluding carboxylic acids is 1. The minimum Gasteiger partial charge on any atom is -0.481 e. The molecule has 0 aliphatic heterocycles. The zero-order chi connectivity index (χ0) is 7.70. The molecule has 0 aromatic heterocycles. The van der Waals surface area contributed by atoms with Crippen LogP contribution in [-0.4, -0.2) is 17.0 Å². The third kappa shape index (κ3) is 45.4. The van der Waals surface area contributed by atoms with Gasteiger partial charge in [0.25, 0.3) is 0 Å². The van der Waals surface area contributed by atoms with Gasteiger partial charge in [-0.3, -0.25) is 4.79 Å². The SMILES string of the molecule is CC=C=O.CCC(=O)O. The van der Waals surface area contributed by atoms with Crippen LogP contribution in [0.1, 0.15) is 20.3 Å². The summed E-state index contributed by atoms with van der Waals surface area (Å²) in [6, 6.07) is 0. The van der Waals surface area contributed by atoms with Gasteiger partial charge >= 0.3 is 5.97 Å². The summed E-state index contributed by atoms with van der Waals surface area (Å²) >= 11 is 0. The second-order valence-electron chi connectivity index (χ2n) is 1.15. The number of rotatable bonds is 1. The molecule has 3 heteroatoms. The van der Waals surface area contributed by atoms with Crippen LogP contribution in [0.4, 0.5) is 0 Å². The fraction of sp³-hybridized carbons (Fsp3) is 0.500. The Hall–Kier alpha value is -1.08. The van der Waals surface area contributed by atoms with Gasteiger partial charge in [0.15, 0.2) is 0 Å². The van der Waals surface area contributed by atoms with E-state index in [0.29, 0.717) is 0 Å². The number of aliphatic carboxylic acids is 1. The topological polar surface area (TPSA) is 54.4 Å². The molecular formula is C6H10O3. The van der Waals surface area contributed by atoms with Gasteiger partial charge in [-0.2, -0.15) is 0 Å². The predicted octanol–water partition coefficient (Wildman–Crippen LogP) is 0.875. The van der Waals surface area contributed by atoms with Gasteiger partial charge in [-0.1, -0.05) is 6.92 Å². The molecule has 1 N–H and O–H groups in total. The third-order valence-electron chi connectivity index (χ3n) is 0.420. The van der Waals surface area contributed by atoms with Gasteiger partial charge in [-0.05, 0) is 13.0 Å². The number of hydrogen-bond acceptors (Lipinski definition) is 2. The van der Waals surface area contributed by atoms with Crippen LogP contribution in [0.2, 0.25) is 0 Å². The largest absolute Gasteiger partial charge is 0.481 e. The van der Waals surface area contributed by atoms with E-state index in [1.54, 1.807) is 19.8 Å². The van der Waals surface area contributed by atoms with E-state index in [2.05, 4.69) is 0 Å².